The van der Waals surface area contributed by atoms with Gasteiger partial charge in [0, 0.05) is 16.9 Å². The predicted molar refractivity (Wildman–Crippen MR) is 106 cm³/mol. The van der Waals surface area contributed by atoms with Crippen molar-refractivity contribution in [1.29, 1.82) is 0 Å². The predicted octanol–water partition coefficient (Wildman–Crippen LogP) is 4.24. The number of aliphatic imine (C=N–C) groups is 1. The van der Waals surface area contributed by atoms with Gasteiger partial charge in [-0.15, -0.1) is 11.3 Å². The Kier molecular flexibility index (Phi) is 6.28. The number of thiophene rings is 1. The number of carbonyl (C=O) groups excluding carboxylic acids is 2. The zero-order valence-electron chi connectivity index (χ0n) is 16.2. The van der Waals surface area contributed by atoms with E-state index in [2.05, 4.69) is 10.3 Å². The van der Waals surface area contributed by atoms with E-state index in [1.54, 1.807) is 0 Å². The van der Waals surface area contributed by atoms with Crippen molar-refractivity contribution in [1.82, 2.24) is 0 Å². The minimum Gasteiger partial charge on any atom is -0.389 e. The summed E-state index contributed by atoms with van der Waals surface area (Å²) >= 11 is 1.41. The number of nitrogens with one attached hydrogen (secondary N) is 1. The molecule has 0 saturated heterocycles. The number of Topliss-reactive ketones (excluding diaryl/α,β-unsaturated/α-hetero) is 1. The van der Waals surface area contributed by atoms with E-state index in [0.717, 1.165) is 36.1 Å². The van der Waals surface area contributed by atoms with E-state index in [1.807, 2.05) is 0 Å². The van der Waals surface area contributed by atoms with Crippen molar-refractivity contribution in [3.05, 3.63) is 27.7 Å². The number of halogens is 3. The van der Waals surface area contributed by atoms with Crippen LogP contribution in [0.1, 0.15) is 60.3 Å². The molecule has 2 N–H and O–H groups in total. The Labute approximate surface area is 170 Å². The number of nitrogens with zero attached hydrogens (tertiary/aromatic N) is 1. The lowest BCUT2D eigenvalue weighted by atomic mass is 9.94. The Morgan fingerprint density at radius 2 is 2.03 bits per heavy atom. The zero-order chi connectivity index (χ0) is 21.3. The molecule has 9 heteroatoms. The minimum atomic E-state index is -4.65. The fourth-order valence-electron chi connectivity index (χ4n) is 3.78. The van der Waals surface area contributed by atoms with E-state index in [9.17, 15) is 27.9 Å². The first kappa shape index (κ1) is 21.7. The number of aliphatic hydroxyl groups is 1. The first-order valence-corrected chi connectivity index (χ1v) is 10.4. The topological polar surface area (TPSA) is 78.8 Å². The molecule has 1 amide bonds. The van der Waals surface area contributed by atoms with Crippen molar-refractivity contribution in [3.8, 4) is 0 Å². The van der Waals surface area contributed by atoms with Gasteiger partial charge in [-0.25, -0.2) is 0 Å². The molecule has 158 valence electrons. The molecule has 29 heavy (non-hydrogen) atoms. The average Bonchev–Trinajstić information content (AvgIpc) is 3.21. The van der Waals surface area contributed by atoms with Gasteiger partial charge >= 0.3 is 6.18 Å². The van der Waals surface area contributed by atoms with Gasteiger partial charge < -0.3 is 10.4 Å². The number of rotatable bonds is 6. The van der Waals surface area contributed by atoms with E-state index >= 15 is 0 Å². The molecular formula is C20H23F3N2O3S. The van der Waals surface area contributed by atoms with E-state index in [-0.39, 0.29) is 30.1 Å². The van der Waals surface area contributed by atoms with Crippen molar-refractivity contribution < 1.29 is 27.9 Å². The normalized spacial score (nSPS) is 20.0. The van der Waals surface area contributed by atoms with Crippen LogP contribution in [0.15, 0.2) is 16.6 Å². The van der Waals surface area contributed by atoms with Crippen molar-refractivity contribution >= 4 is 33.7 Å². The number of aliphatic hydroxyl groups excluding tert-OH is 1. The first-order chi connectivity index (χ1) is 13.6. The zero-order valence-corrected chi connectivity index (χ0v) is 17.0. The van der Waals surface area contributed by atoms with Gasteiger partial charge in [0.1, 0.15) is 10.7 Å². The standard InChI is InChI=1S/C20H23F3N2O3S/c1-10(26)14-9-12(24-18(14)20(21,22)23)7-8-16(28)25-19-17(11(2)27)13-5-3-4-6-15(13)29-19/h9-10,12,26H,3-8H2,1-2H3,(H,25,28). The number of hydrogen-bond donors (Lipinski definition) is 2. The molecule has 2 unspecified atom stereocenters. The molecule has 5 nitrogen and oxygen atoms in total. The number of aryl methyl sites for hydroxylation is 1. The quantitative estimate of drug-likeness (QED) is 0.665. The number of ketones is 1. The smallest absolute Gasteiger partial charge is 0.389 e. The number of fused-ring (bicyclic) bond motifs is 1. The van der Waals surface area contributed by atoms with E-state index in [4.69, 9.17) is 0 Å². The molecule has 1 aliphatic carbocycles. The summed E-state index contributed by atoms with van der Waals surface area (Å²) in [5.41, 5.74) is 0.242. The Morgan fingerprint density at radius 3 is 2.62 bits per heavy atom. The number of amides is 1. The fourth-order valence-corrected chi connectivity index (χ4v) is 5.13. The molecule has 0 spiro atoms. The molecule has 1 aliphatic heterocycles. The van der Waals surface area contributed by atoms with Crippen LogP contribution in [0.5, 0.6) is 0 Å². The van der Waals surface area contributed by atoms with Gasteiger partial charge in [0.25, 0.3) is 0 Å². The molecular weight excluding hydrogens is 405 g/mol. The number of anilines is 1. The number of hydrogen-bond acceptors (Lipinski definition) is 5. The summed E-state index contributed by atoms with van der Waals surface area (Å²) < 4.78 is 39.2. The second kappa shape index (κ2) is 8.39. The largest absolute Gasteiger partial charge is 0.433 e. The van der Waals surface area contributed by atoms with Gasteiger partial charge in [-0.3, -0.25) is 14.6 Å². The van der Waals surface area contributed by atoms with E-state index in [1.165, 1.54) is 31.3 Å². The second-order valence-electron chi connectivity index (χ2n) is 7.40. The molecule has 0 bridgehead atoms. The Hall–Kier alpha value is -2.00. The van der Waals surface area contributed by atoms with Crippen molar-refractivity contribution in [2.45, 2.75) is 70.7 Å². The van der Waals surface area contributed by atoms with Crippen molar-refractivity contribution in [2.75, 3.05) is 5.32 Å². The van der Waals surface area contributed by atoms with Crippen LogP contribution in [0.3, 0.4) is 0 Å². The number of carbonyl (C=O) groups is 2. The highest BCUT2D eigenvalue weighted by Crippen LogP contribution is 2.38. The van der Waals surface area contributed by atoms with Gasteiger partial charge in [0.15, 0.2) is 5.78 Å². The minimum absolute atomic E-state index is 0.0389. The van der Waals surface area contributed by atoms with Gasteiger partial charge in [0.2, 0.25) is 5.91 Å². The Bertz CT molecular complexity index is 884. The molecule has 2 aliphatic rings. The molecule has 0 radical (unpaired) electrons. The number of alkyl halides is 3. The van der Waals surface area contributed by atoms with Crippen molar-refractivity contribution in [3.63, 3.8) is 0 Å². The maximum absolute atomic E-state index is 13.1. The third-order valence-corrected chi connectivity index (χ3v) is 6.31. The van der Waals surface area contributed by atoms with Crippen molar-refractivity contribution in [2.24, 2.45) is 4.99 Å². The van der Waals surface area contributed by atoms with Crippen LogP contribution in [0.25, 0.3) is 0 Å². The summed E-state index contributed by atoms with van der Waals surface area (Å²) in [5.74, 6) is -0.465. The monoisotopic (exact) mass is 428 g/mol. The highest BCUT2D eigenvalue weighted by atomic mass is 32.1. The summed E-state index contributed by atoms with van der Waals surface area (Å²) in [6.07, 6.45) is -0.845. The molecule has 1 aromatic rings. The Morgan fingerprint density at radius 1 is 1.34 bits per heavy atom. The molecule has 0 aromatic carbocycles. The summed E-state index contributed by atoms with van der Waals surface area (Å²) in [6, 6.07) is -0.814. The molecule has 0 saturated carbocycles. The lowest BCUT2D eigenvalue weighted by molar-refractivity contribution is -0.116. The van der Waals surface area contributed by atoms with Crippen LogP contribution in [0, 0.1) is 0 Å². The lowest BCUT2D eigenvalue weighted by Crippen LogP contribution is -2.27. The highest BCUT2D eigenvalue weighted by Gasteiger charge is 2.42. The maximum atomic E-state index is 13.1. The molecule has 1 aromatic heterocycles. The van der Waals surface area contributed by atoms with Crippen LogP contribution in [0.4, 0.5) is 18.2 Å². The third kappa shape index (κ3) is 4.78. The summed E-state index contributed by atoms with van der Waals surface area (Å²) in [7, 11) is 0. The van der Waals surface area contributed by atoms with Gasteiger partial charge in [-0.1, -0.05) is 6.08 Å². The summed E-state index contributed by atoms with van der Waals surface area (Å²) in [6.45, 7) is 2.73. The fraction of sp³-hybridized carbons (Fsp3) is 0.550. The highest BCUT2D eigenvalue weighted by molar-refractivity contribution is 7.17. The van der Waals surface area contributed by atoms with Gasteiger partial charge in [-0.2, -0.15) is 13.2 Å². The first-order valence-electron chi connectivity index (χ1n) is 9.58. The van der Waals surface area contributed by atoms with Crippen LogP contribution in [-0.4, -0.2) is 40.8 Å². The SMILES string of the molecule is CC(=O)c1c(NC(=O)CCC2C=C(C(C)O)C(C(F)(F)F)=N2)sc2c1CCCC2. The van der Waals surface area contributed by atoms with Crippen LogP contribution >= 0.6 is 11.3 Å². The third-order valence-electron chi connectivity index (χ3n) is 5.10. The Balaban J connectivity index is 1.68. The molecule has 0 fully saturated rings. The molecule has 3 rings (SSSR count). The second-order valence-corrected chi connectivity index (χ2v) is 8.50. The maximum Gasteiger partial charge on any atom is 0.433 e. The molecule has 2 heterocycles. The lowest BCUT2D eigenvalue weighted by Gasteiger charge is -2.12. The van der Waals surface area contributed by atoms with Gasteiger partial charge in [-0.05, 0) is 51.5 Å². The van der Waals surface area contributed by atoms with Gasteiger partial charge in [0.05, 0.1) is 17.7 Å². The average molecular weight is 428 g/mol. The molecule has 2 atom stereocenters. The summed E-state index contributed by atoms with van der Waals surface area (Å²) in [5, 5.41) is 12.9. The van der Waals surface area contributed by atoms with Crippen LogP contribution in [-0.2, 0) is 17.6 Å². The van der Waals surface area contributed by atoms with Crippen LogP contribution in [0.2, 0.25) is 0 Å². The van der Waals surface area contributed by atoms with E-state index < -0.39 is 24.0 Å². The van der Waals surface area contributed by atoms with Crippen LogP contribution < -0.4 is 5.32 Å². The van der Waals surface area contributed by atoms with E-state index in [0.29, 0.717) is 10.6 Å². The summed E-state index contributed by atoms with van der Waals surface area (Å²) in [4.78, 5) is 29.2.